The van der Waals surface area contributed by atoms with Crippen LogP contribution in [0.3, 0.4) is 0 Å². The summed E-state index contributed by atoms with van der Waals surface area (Å²) < 4.78 is 5.21. The van der Waals surface area contributed by atoms with E-state index in [0.29, 0.717) is 11.8 Å². The summed E-state index contributed by atoms with van der Waals surface area (Å²) in [6.45, 7) is 9.00. The minimum absolute atomic E-state index is 0.312. The summed E-state index contributed by atoms with van der Waals surface area (Å²) in [6, 6.07) is 36.0. The summed E-state index contributed by atoms with van der Waals surface area (Å²) in [5.41, 5.74) is 9.35. The van der Waals surface area contributed by atoms with Crippen molar-refractivity contribution in [2.45, 2.75) is 25.7 Å². The lowest BCUT2D eigenvalue weighted by molar-refractivity contribution is 0.670. The fraction of sp³-hybridized carbons (Fsp3) is 0.100. The average Bonchev–Trinajstić information content (AvgIpc) is 3.63. The van der Waals surface area contributed by atoms with Crippen LogP contribution in [0.2, 0.25) is 0 Å². The van der Waals surface area contributed by atoms with Crippen molar-refractivity contribution in [3.8, 4) is 0 Å². The van der Waals surface area contributed by atoms with Crippen LogP contribution < -0.4 is 10.4 Å². The molecule has 0 radical (unpaired) electrons. The van der Waals surface area contributed by atoms with Crippen LogP contribution in [0.5, 0.6) is 0 Å². The van der Waals surface area contributed by atoms with Gasteiger partial charge in [-0.2, -0.15) is 0 Å². The SMILES string of the molecule is C=c1cccc/c1=C/c1c(C)n2c3cc4sc5ccccc5c4cc3c3cc(C4C=Cc5ccccc5C4C)cc1c32. The summed E-state index contributed by atoms with van der Waals surface area (Å²) in [4.78, 5) is 0. The smallest absolute Gasteiger partial charge is 0.0617 e. The number of rotatable bonds is 2. The maximum atomic E-state index is 4.33. The highest BCUT2D eigenvalue weighted by molar-refractivity contribution is 7.25. The second kappa shape index (κ2) is 8.67. The minimum Gasteiger partial charge on any atom is -0.312 e. The number of aromatic nitrogens is 1. The van der Waals surface area contributed by atoms with Crippen LogP contribution in [-0.4, -0.2) is 4.40 Å². The van der Waals surface area contributed by atoms with Crippen molar-refractivity contribution >= 4 is 77.4 Å². The molecule has 42 heavy (non-hydrogen) atoms. The first-order chi connectivity index (χ1) is 20.6. The molecule has 0 fully saturated rings. The first kappa shape index (κ1) is 24.0. The maximum absolute atomic E-state index is 4.33. The van der Waals surface area contributed by atoms with Crippen LogP contribution in [0.15, 0.2) is 103 Å². The highest BCUT2D eigenvalue weighted by Crippen LogP contribution is 2.46. The summed E-state index contributed by atoms with van der Waals surface area (Å²) in [7, 11) is 0. The van der Waals surface area contributed by atoms with E-state index in [2.05, 4.69) is 140 Å². The molecule has 2 atom stereocenters. The Labute approximate surface area is 248 Å². The van der Waals surface area contributed by atoms with E-state index in [1.807, 2.05) is 11.3 Å². The fourth-order valence-corrected chi connectivity index (χ4v) is 8.62. The molecule has 0 N–H and O–H groups in total. The molecule has 0 bridgehead atoms. The summed E-state index contributed by atoms with van der Waals surface area (Å²) in [6.07, 6.45) is 7.09. The van der Waals surface area contributed by atoms with Crippen LogP contribution in [0.25, 0.3) is 66.1 Å². The topological polar surface area (TPSA) is 4.41 Å². The lowest BCUT2D eigenvalue weighted by Gasteiger charge is -2.27. The summed E-state index contributed by atoms with van der Waals surface area (Å²) >= 11 is 1.89. The van der Waals surface area contributed by atoms with E-state index < -0.39 is 0 Å². The van der Waals surface area contributed by atoms with Crippen LogP contribution in [0.1, 0.15) is 46.7 Å². The van der Waals surface area contributed by atoms with Gasteiger partial charge >= 0.3 is 0 Å². The van der Waals surface area contributed by atoms with Crippen molar-refractivity contribution in [2.24, 2.45) is 0 Å². The minimum atomic E-state index is 0.312. The van der Waals surface area contributed by atoms with Crippen molar-refractivity contribution in [1.82, 2.24) is 4.40 Å². The van der Waals surface area contributed by atoms with Crippen molar-refractivity contribution in [3.63, 3.8) is 0 Å². The fourth-order valence-electron chi connectivity index (χ4n) is 7.50. The predicted octanol–water partition coefficient (Wildman–Crippen LogP) is 9.51. The quantitative estimate of drug-likeness (QED) is 0.200. The van der Waals surface area contributed by atoms with Gasteiger partial charge < -0.3 is 4.40 Å². The number of fused-ring (bicyclic) bond motifs is 7. The molecular weight excluding hydrogens is 527 g/mol. The number of thiophene rings is 1. The molecule has 0 amide bonds. The molecule has 1 nitrogen and oxygen atoms in total. The number of benzene rings is 5. The van der Waals surface area contributed by atoms with Crippen LogP contribution in [-0.2, 0) is 0 Å². The van der Waals surface area contributed by atoms with Gasteiger partial charge in [0.15, 0.2) is 0 Å². The molecule has 0 aliphatic heterocycles. The first-order valence-corrected chi connectivity index (χ1v) is 15.6. The zero-order valence-electron chi connectivity index (χ0n) is 23.7. The molecule has 9 rings (SSSR count). The zero-order valence-corrected chi connectivity index (χ0v) is 24.5. The van der Waals surface area contributed by atoms with Gasteiger partial charge in [-0.1, -0.05) is 92.4 Å². The number of allylic oxidation sites excluding steroid dienone is 1. The van der Waals surface area contributed by atoms with Gasteiger partial charge in [0.05, 0.1) is 11.0 Å². The Hall–Kier alpha value is -4.66. The molecule has 5 aromatic carbocycles. The van der Waals surface area contributed by atoms with Gasteiger partial charge in [-0.25, -0.2) is 0 Å². The molecule has 3 heterocycles. The van der Waals surface area contributed by atoms with Gasteiger partial charge in [-0.15, -0.1) is 11.3 Å². The van der Waals surface area contributed by atoms with E-state index >= 15 is 0 Å². The Morgan fingerprint density at radius 3 is 2.45 bits per heavy atom. The second-order valence-electron chi connectivity index (χ2n) is 11.9. The summed E-state index contributed by atoms with van der Waals surface area (Å²) in [5, 5.41) is 8.95. The number of aryl methyl sites for hydroxylation is 1. The molecule has 2 heteroatoms. The van der Waals surface area contributed by atoms with E-state index in [-0.39, 0.29) is 0 Å². The lowest BCUT2D eigenvalue weighted by Crippen LogP contribution is -2.21. The Morgan fingerprint density at radius 1 is 0.762 bits per heavy atom. The molecule has 8 aromatic rings. The number of hydrogen-bond acceptors (Lipinski definition) is 1. The zero-order chi connectivity index (χ0) is 28.1. The highest BCUT2D eigenvalue weighted by atomic mass is 32.1. The van der Waals surface area contributed by atoms with Crippen molar-refractivity contribution in [2.75, 3.05) is 0 Å². The molecule has 200 valence electrons. The van der Waals surface area contributed by atoms with Crippen LogP contribution in [0.4, 0.5) is 0 Å². The van der Waals surface area contributed by atoms with Gasteiger partial charge in [0.2, 0.25) is 0 Å². The van der Waals surface area contributed by atoms with Gasteiger partial charge in [-0.3, -0.25) is 0 Å². The molecule has 1 aliphatic carbocycles. The third-order valence-electron chi connectivity index (χ3n) is 9.65. The first-order valence-electron chi connectivity index (χ1n) is 14.7. The molecule has 1 aliphatic rings. The second-order valence-corrected chi connectivity index (χ2v) is 13.0. The van der Waals surface area contributed by atoms with E-state index in [1.54, 1.807) is 0 Å². The third kappa shape index (κ3) is 3.24. The third-order valence-corrected chi connectivity index (χ3v) is 10.8. The Bertz CT molecular complexity index is 2520. The Balaban J connectivity index is 1.41. The molecule has 2 unspecified atom stereocenters. The van der Waals surface area contributed by atoms with E-state index in [0.717, 1.165) is 5.22 Å². The average molecular weight is 556 g/mol. The van der Waals surface area contributed by atoms with Gasteiger partial charge in [0.25, 0.3) is 0 Å². The van der Waals surface area contributed by atoms with E-state index in [4.69, 9.17) is 0 Å². The Kier molecular flexibility index (Phi) is 4.95. The molecule has 0 spiro atoms. The normalized spacial score (nSPS) is 17.4. The number of hydrogen-bond donors (Lipinski definition) is 0. The predicted molar refractivity (Wildman–Crippen MR) is 183 cm³/mol. The Morgan fingerprint density at radius 2 is 1.55 bits per heavy atom. The van der Waals surface area contributed by atoms with E-state index in [1.165, 1.54) is 80.5 Å². The largest absolute Gasteiger partial charge is 0.312 e. The molecule has 0 saturated carbocycles. The van der Waals surface area contributed by atoms with Crippen molar-refractivity contribution < 1.29 is 0 Å². The highest BCUT2D eigenvalue weighted by Gasteiger charge is 2.27. The molecule has 0 saturated heterocycles. The van der Waals surface area contributed by atoms with Gasteiger partial charge in [0, 0.05) is 53.5 Å². The summed E-state index contributed by atoms with van der Waals surface area (Å²) in [5.74, 6) is 0.711. The molecular formula is C40H29NS. The maximum Gasteiger partial charge on any atom is 0.0617 e. The van der Waals surface area contributed by atoms with Crippen molar-refractivity contribution in [3.05, 3.63) is 142 Å². The van der Waals surface area contributed by atoms with Gasteiger partial charge in [-0.05, 0) is 76.4 Å². The van der Waals surface area contributed by atoms with E-state index in [9.17, 15) is 0 Å². The number of nitrogens with zero attached hydrogens (tertiary/aromatic N) is 1. The monoisotopic (exact) mass is 555 g/mol. The van der Waals surface area contributed by atoms with Crippen molar-refractivity contribution in [1.29, 1.82) is 0 Å². The van der Waals surface area contributed by atoms with Gasteiger partial charge in [0.1, 0.15) is 0 Å². The van der Waals surface area contributed by atoms with Crippen LogP contribution >= 0.6 is 11.3 Å². The van der Waals surface area contributed by atoms with Crippen LogP contribution in [0, 0.1) is 6.92 Å². The lowest BCUT2D eigenvalue weighted by atomic mass is 9.76. The standard InChI is InChI=1S/C40H29NS/c1-23-10-4-5-12-27(23)18-32-25(3)41-37-22-39-34(31-14-8-9-15-38(31)42-39)21-33(37)36-20-28(19-35(32)40(36)41)30-17-16-26-11-6-7-13-29(26)24(30)2/h4-22,24,30H,1H2,2-3H3/b27-18-. The molecule has 3 aromatic heterocycles.